The fourth-order valence-corrected chi connectivity index (χ4v) is 3.14. The lowest BCUT2D eigenvalue weighted by atomic mass is 10.1. The standard InChI is InChI=1S/C14H8FN3OS.ClH/c15-12-5-4-11-13(17-12)20-14-16-10(7-18(11)14)8-2-1-3-9(19)6-8;/h1-7,19H;1H. The minimum atomic E-state index is -0.491. The lowest BCUT2D eigenvalue weighted by Gasteiger charge is -1.96. The van der Waals surface area contributed by atoms with Crippen LogP contribution in [0.5, 0.6) is 5.75 Å². The molecule has 0 aliphatic carbocycles. The largest absolute Gasteiger partial charge is 0.508 e. The van der Waals surface area contributed by atoms with Gasteiger partial charge in [-0.25, -0.2) is 9.97 Å². The summed E-state index contributed by atoms with van der Waals surface area (Å²) in [4.78, 5) is 9.72. The highest BCUT2D eigenvalue weighted by atomic mass is 35.5. The number of nitrogens with zero attached hydrogens (tertiary/aromatic N) is 3. The molecule has 1 aromatic carbocycles. The van der Waals surface area contributed by atoms with Crippen LogP contribution in [0.25, 0.3) is 26.6 Å². The smallest absolute Gasteiger partial charge is 0.214 e. The van der Waals surface area contributed by atoms with E-state index in [9.17, 15) is 9.50 Å². The summed E-state index contributed by atoms with van der Waals surface area (Å²) in [6.07, 6.45) is 1.86. The summed E-state index contributed by atoms with van der Waals surface area (Å²) in [5.74, 6) is -0.289. The topological polar surface area (TPSA) is 50.4 Å². The molecule has 0 radical (unpaired) electrons. The summed E-state index contributed by atoms with van der Waals surface area (Å²) >= 11 is 1.33. The van der Waals surface area contributed by atoms with Crippen molar-refractivity contribution in [1.29, 1.82) is 0 Å². The van der Waals surface area contributed by atoms with Crippen molar-refractivity contribution in [1.82, 2.24) is 14.4 Å². The molecule has 0 aliphatic heterocycles. The third-order valence-electron chi connectivity index (χ3n) is 3.07. The first-order chi connectivity index (χ1) is 9.70. The molecule has 0 amide bonds. The first-order valence-corrected chi connectivity index (χ1v) is 6.76. The fourth-order valence-electron chi connectivity index (χ4n) is 2.17. The highest BCUT2D eigenvalue weighted by Gasteiger charge is 2.11. The summed E-state index contributed by atoms with van der Waals surface area (Å²) in [6.45, 7) is 0. The number of aromatic hydroxyl groups is 1. The van der Waals surface area contributed by atoms with E-state index in [1.165, 1.54) is 17.4 Å². The van der Waals surface area contributed by atoms with Gasteiger partial charge < -0.3 is 5.11 Å². The van der Waals surface area contributed by atoms with Crippen LogP contribution in [-0.4, -0.2) is 19.5 Å². The number of hydrogen-bond donors (Lipinski definition) is 1. The zero-order valence-corrected chi connectivity index (χ0v) is 12.2. The van der Waals surface area contributed by atoms with Crippen LogP contribution >= 0.6 is 23.7 Å². The Balaban J connectivity index is 0.00000132. The van der Waals surface area contributed by atoms with Crippen molar-refractivity contribution in [2.24, 2.45) is 0 Å². The van der Waals surface area contributed by atoms with Crippen LogP contribution in [0.1, 0.15) is 0 Å². The second-order valence-electron chi connectivity index (χ2n) is 4.39. The van der Waals surface area contributed by atoms with Gasteiger partial charge in [-0.05, 0) is 24.3 Å². The Labute approximate surface area is 128 Å². The molecule has 4 nitrogen and oxygen atoms in total. The Bertz CT molecular complexity index is 950. The Morgan fingerprint density at radius 3 is 2.81 bits per heavy atom. The second kappa shape index (κ2) is 4.98. The highest BCUT2D eigenvalue weighted by molar-refractivity contribution is 7.23. The van der Waals surface area contributed by atoms with E-state index in [-0.39, 0.29) is 18.2 Å². The number of fused-ring (bicyclic) bond motifs is 3. The van der Waals surface area contributed by atoms with E-state index in [2.05, 4.69) is 9.97 Å². The number of phenols is 1. The average molecular weight is 322 g/mol. The van der Waals surface area contributed by atoms with Gasteiger partial charge in [0.25, 0.3) is 0 Å². The Hall–Kier alpha value is -2.18. The number of imidazole rings is 1. The molecule has 4 rings (SSSR count). The van der Waals surface area contributed by atoms with Gasteiger partial charge in [0, 0.05) is 11.8 Å². The van der Waals surface area contributed by atoms with Crippen molar-refractivity contribution in [2.45, 2.75) is 0 Å². The van der Waals surface area contributed by atoms with E-state index in [4.69, 9.17) is 0 Å². The molecule has 0 saturated heterocycles. The molecule has 3 heterocycles. The summed E-state index contributed by atoms with van der Waals surface area (Å²) in [5, 5.41) is 9.52. The van der Waals surface area contributed by atoms with Crippen LogP contribution in [0, 0.1) is 5.95 Å². The number of hydrogen-bond acceptors (Lipinski definition) is 4. The molecular weight excluding hydrogens is 313 g/mol. The molecule has 0 saturated carbocycles. The van der Waals surface area contributed by atoms with Crippen molar-refractivity contribution in [3.05, 3.63) is 48.5 Å². The maximum atomic E-state index is 13.1. The molecular formula is C14H9ClFN3OS. The van der Waals surface area contributed by atoms with Crippen molar-refractivity contribution in [3.8, 4) is 17.0 Å². The lowest BCUT2D eigenvalue weighted by molar-refractivity contribution is 0.475. The van der Waals surface area contributed by atoms with Crippen LogP contribution in [-0.2, 0) is 0 Å². The van der Waals surface area contributed by atoms with Crippen molar-refractivity contribution >= 4 is 39.1 Å². The van der Waals surface area contributed by atoms with Gasteiger partial charge in [0.15, 0.2) is 4.96 Å². The van der Waals surface area contributed by atoms with Gasteiger partial charge in [0.2, 0.25) is 5.95 Å². The first kappa shape index (κ1) is 13.8. The minimum absolute atomic E-state index is 0. The van der Waals surface area contributed by atoms with Gasteiger partial charge >= 0.3 is 0 Å². The Morgan fingerprint density at radius 2 is 2.00 bits per heavy atom. The number of benzene rings is 1. The predicted octanol–water partition coefficient (Wildman–Crippen LogP) is 3.88. The van der Waals surface area contributed by atoms with Crippen molar-refractivity contribution < 1.29 is 9.50 Å². The highest BCUT2D eigenvalue weighted by Crippen LogP contribution is 2.29. The monoisotopic (exact) mass is 321 g/mol. The minimum Gasteiger partial charge on any atom is -0.508 e. The number of pyridine rings is 1. The van der Waals surface area contributed by atoms with Gasteiger partial charge in [-0.2, -0.15) is 4.39 Å². The van der Waals surface area contributed by atoms with E-state index in [0.717, 1.165) is 21.7 Å². The lowest BCUT2D eigenvalue weighted by Crippen LogP contribution is -1.82. The number of rotatable bonds is 1. The van der Waals surface area contributed by atoms with E-state index in [1.54, 1.807) is 24.3 Å². The second-order valence-corrected chi connectivity index (χ2v) is 5.35. The zero-order valence-electron chi connectivity index (χ0n) is 10.5. The molecule has 4 aromatic rings. The molecule has 0 aliphatic rings. The molecule has 0 fully saturated rings. The average Bonchev–Trinajstić information content (AvgIpc) is 2.95. The summed E-state index contributed by atoms with van der Waals surface area (Å²) in [6, 6.07) is 9.95. The van der Waals surface area contributed by atoms with E-state index in [0.29, 0.717) is 4.83 Å². The molecule has 7 heteroatoms. The zero-order chi connectivity index (χ0) is 13.7. The normalized spacial score (nSPS) is 10.9. The summed E-state index contributed by atoms with van der Waals surface area (Å²) in [5.41, 5.74) is 2.42. The predicted molar refractivity (Wildman–Crippen MR) is 82.7 cm³/mol. The third kappa shape index (κ3) is 2.22. The maximum Gasteiger partial charge on any atom is 0.214 e. The molecule has 0 bridgehead atoms. The molecule has 0 atom stereocenters. The molecule has 21 heavy (non-hydrogen) atoms. The third-order valence-corrected chi connectivity index (χ3v) is 4.03. The maximum absolute atomic E-state index is 13.1. The van der Waals surface area contributed by atoms with Gasteiger partial charge in [0.05, 0.1) is 11.2 Å². The summed E-state index contributed by atoms with van der Waals surface area (Å²) in [7, 11) is 0. The van der Waals surface area contributed by atoms with E-state index >= 15 is 0 Å². The molecule has 0 spiro atoms. The number of aromatic nitrogens is 3. The fraction of sp³-hybridized carbons (Fsp3) is 0. The number of thiazole rings is 1. The van der Waals surface area contributed by atoms with Crippen LogP contribution in [0.3, 0.4) is 0 Å². The van der Waals surface area contributed by atoms with Crippen molar-refractivity contribution in [3.63, 3.8) is 0 Å². The number of halogens is 2. The quantitative estimate of drug-likeness (QED) is 0.541. The first-order valence-electron chi connectivity index (χ1n) is 5.94. The molecule has 0 unspecified atom stereocenters. The summed E-state index contributed by atoms with van der Waals surface area (Å²) < 4.78 is 15.0. The SMILES string of the molecule is Cl.Oc1cccc(-c2cn3c(n2)sc2nc(F)ccc23)c1. The van der Waals surface area contributed by atoms with Crippen LogP contribution in [0.2, 0.25) is 0 Å². The van der Waals surface area contributed by atoms with Gasteiger partial charge in [-0.3, -0.25) is 4.40 Å². The molecule has 106 valence electrons. The van der Waals surface area contributed by atoms with Crippen molar-refractivity contribution in [2.75, 3.05) is 0 Å². The Kier molecular flexibility index (Phi) is 3.27. The van der Waals surface area contributed by atoms with Crippen LogP contribution in [0.4, 0.5) is 4.39 Å². The van der Waals surface area contributed by atoms with Crippen LogP contribution < -0.4 is 0 Å². The Morgan fingerprint density at radius 1 is 1.14 bits per heavy atom. The number of phenolic OH excluding ortho intramolecular Hbond substituents is 1. The van der Waals surface area contributed by atoms with Crippen LogP contribution in [0.15, 0.2) is 42.6 Å². The van der Waals surface area contributed by atoms with Gasteiger partial charge in [-0.1, -0.05) is 23.5 Å². The molecule has 3 aromatic heterocycles. The van der Waals surface area contributed by atoms with E-state index < -0.39 is 5.95 Å². The van der Waals surface area contributed by atoms with Gasteiger partial charge in [0.1, 0.15) is 10.6 Å². The van der Waals surface area contributed by atoms with E-state index in [1.807, 2.05) is 16.7 Å². The van der Waals surface area contributed by atoms with Gasteiger partial charge in [-0.15, -0.1) is 12.4 Å². The molecule has 1 N–H and O–H groups in total.